The van der Waals surface area contributed by atoms with Gasteiger partial charge in [0.25, 0.3) is 0 Å². The summed E-state index contributed by atoms with van der Waals surface area (Å²) >= 11 is 1.30. The molecule has 1 aromatic heterocycles. The van der Waals surface area contributed by atoms with Crippen LogP contribution < -0.4 is 11.1 Å². The highest BCUT2D eigenvalue weighted by molar-refractivity contribution is 7.15. The van der Waals surface area contributed by atoms with Gasteiger partial charge in [0.05, 0.1) is 5.56 Å². The molecule has 0 aliphatic rings. The average molecular weight is 380 g/mol. The monoisotopic (exact) mass is 379 g/mol. The van der Waals surface area contributed by atoms with E-state index in [1.54, 1.807) is 6.20 Å². The molecule has 24 heavy (non-hydrogen) atoms. The number of hydrogen-bond donors (Lipinski definition) is 2. The minimum Gasteiger partial charge on any atom is -0.330 e. The maximum absolute atomic E-state index is 12.5. The fourth-order valence-electron chi connectivity index (χ4n) is 1.90. The molecule has 1 aromatic carbocycles. The number of nitrogens with one attached hydrogen (secondary N) is 1. The van der Waals surface area contributed by atoms with Crippen molar-refractivity contribution in [1.82, 2.24) is 4.98 Å². The smallest absolute Gasteiger partial charge is 0.330 e. The summed E-state index contributed by atoms with van der Waals surface area (Å²) in [6.45, 7) is 0.449. The molecule has 0 bridgehead atoms. The fraction of sp³-hybridized carbons (Fsp3) is 0.333. The molecular formula is C15H17ClF3N3OS. The number of carbonyl (C=O) groups excluding carboxylic acids is 1. The highest BCUT2D eigenvalue weighted by Gasteiger charge is 2.29. The van der Waals surface area contributed by atoms with E-state index in [0.29, 0.717) is 30.9 Å². The van der Waals surface area contributed by atoms with Crippen molar-refractivity contribution in [2.24, 2.45) is 5.73 Å². The number of benzene rings is 1. The first kappa shape index (κ1) is 20.4. The van der Waals surface area contributed by atoms with Crippen molar-refractivity contribution in [2.45, 2.75) is 25.4 Å². The van der Waals surface area contributed by atoms with Crippen LogP contribution in [-0.4, -0.2) is 17.4 Å². The Morgan fingerprint density at radius 1 is 1.25 bits per heavy atom. The molecular weight excluding hydrogens is 363 g/mol. The SMILES string of the molecule is Cl.NCCCC(=O)Nc1ncc(Cc2ccc(C(F)(F)F)cc2)s1. The number of anilines is 1. The van der Waals surface area contributed by atoms with Gasteiger partial charge < -0.3 is 11.1 Å². The summed E-state index contributed by atoms with van der Waals surface area (Å²) in [4.78, 5) is 16.5. The summed E-state index contributed by atoms with van der Waals surface area (Å²) < 4.78 is 37.5. The van der Waals surface area contributed by atoms with Crippen molar-refractivity contribution < 1.29 is 18.0 Å². The van der Waals surface area contributed by atoms with Crippen LogP contribution in [0, 0.1) is 0 Å². The van der Waals surface area contributed by atoms with Crippen LogP contribution in [0.4, 0.5) is 18.3 Å². The molecule has 0 aliphatic carbocycles. The Balaban J connectivity index is 0.00000288. The Labute approximate surface area is 147 Å². The van der Waals surface area contributed by atoms with Crippen LogP contribution >= 0.6 is 23.7 Å². The molecule has 0 atom stereocenters. The topological polar surface area (TPSA) is 68.0 Å². The molecule has 2 rings (SSSR count). The number of amides is 1. The largest absolute Gasteiger partial charge is 0.416 e. The van der Waals surface area contributed by atoms with E-state index >= 15 is 0 Å². The number of halogens is 4. The molecule has 4 nitrogen and oxygen atoms in total. The number of nitrogens with two attached hydrogens (primary N) is 1. The zero-order valence-corrected chi connectivity index (χ0v) is 14.2. The normalized spacial score (nSPS) is 11.0. The molecule has 3 N–H and O–H groups in total. The van der Waals surface area contributed by atoms with Crippen molar-refractivity contribution in [3.8, 4) is 0 Å². The van der Waals surface area contributed by atoms with Gasteiger partial charge in [-0.15, -0.1) is 23.7 Å². The molecule has 0 saturated heterocycles. The van der Waals surface area contributed by atoms with Gasteiger partial charge in [0.15, 0.2) is 5.13 Å². The Kier molecular flexibility index (Phi) is 7.65. The predicted molar refractivity (Wildman–Crippen MR) is 90.5 cm³/mol. The Bertz CT molecular complexity index is 659. The fourth-order valence-corrected chi connectivity index (χ4v) is 2.77. The van der Waals surface area contributed by atoms with Crippen LogP contribution in [0.1, 0.15) is 28.8 Å². The second-order valence-corrected chi connectivity index (χ2v) is 6.06. The van der Waals surface area contributed by atoms with E-state index in [9.17, 15) is 18.0 Å². The predicted octanol–water partition coefficient (Wildman–Crippen LogP) is 3.85. The lowest BCUT2D eigenvalue weighted by molar-refractivity contribution is -0.137. The summed E-state index contributed by atoms with van der Waals surface area (Å²) in [5, 5.41) is 3.16. The number of hydrogen-bond acceptors (Lipinski definition) is 4. The second-order valence-electron chi connectivity index (χ2n) is 4.94. The van der Waals surface area contributed by atoms with Gasteiger partial charge in [-0.05, 0) is 30.7 Å². The maximum atomic E-state index is 12.5. The number of aromatic nitrogens is 1. The number of thiazole rings is 1. The van der Waals surface area contributed by atoms with Gasteiger partial charge in [-0.2, -0.15) is 13.2 Å². The van der Waals surface area contributed by atoms with Gasteiger partial charge in [-0.25, -0.2) is 4.98 Å². The summed E-state index contributed by atoms with van der Waals surface area (Å²) in [6, 6.07) is 5.02. The van der Waals surface area contributed by atoms with Crippen LogP contribution in [-0.2, 0) is 17.4 Å². The van der Waals surface area contributed by atoms with Gasteiger partial charge in [-0.1, -0.05) is 12.1 Å². The van der Waals surface area contributed by atoms with Crippen LogP contribution in [0.2, 0.25) is 0 Å². The molecule has 0 radical (unpaired) electrons. The van der Waals surface area contributed by atoms with Gasteiger partial charge in [0, 0.05) is 23.9 Å². The van der Waals surface area contributed by atoms with Gasteiger partial charge in [0.2, 0.25) is 5.91 Å². The van der Waals surface area contributed by atoms with E-state index in [-0.39, 0.29) is 18.3 Å². The molecule has 1 amide bonds. The molecule has 0 fully saturated rings. The van der Waals surface area contributed by atoms with Crippen molar-refractivity contribution in [2.75, 3.05) is 11.9 Å². The Morgan fingerprint density at radius 2 is 1.92 bits per heavy atom. The zero-order valence-electron chi connectivity index (χ0n) is 12.6. The number of nitrogens with zero attached hydrogens (tertiary/aromatic N) is 1. The summed E-state index contributed by atoms with van der Waals surface area (Å²) in [5.41, 5.74) is 5.42. The minimum absolute atomic E-state index is 0. The van der Waals surface area contributed by atoms with E-state index < -0.39 is 11.7 Å². The standard InChI is InChI=1S/C15H16F3N3OS.ClH/c16-15(17,18)11-5-3-10(4-6-11)8-12-9-20-14(23-12)21-13(22)2-1-7-19;/h3-6,9H,1-2,7-8,19H2,(H,20,21,22);1H. The summed E-state index contributed by atoms with van der Waals surface area (Å²) in [7, 11) is 0. The van der Waals surface area contributed by atoms with Crippen molar-refractivity contribution >= 4 is 34.8 Å². The zero-order chi connectivity index (χ0) is 16.9. The molecule has 2 aromatic rings. The van der Waals surface area contributed by atoms with Crippen molar-refractivity contribution in [1.29, 1.82) is 0 Å². The highest BCUT2D eigenvalue weighted by atomic mass is 35.5. The van der Waals surface area contributed by atoms with Crippen molar-refractivity contribution in [3.05, 3.63) is 46.5 Å². The molecule has 9 heteroatoms. The maximum Gasteiger partial charge on any atom is 0.416 e. The van der Waals surface area contributed by atoms with E-state index in [0.717, 1.165) is 22.6 Å². The van der Waals surface area contributed by atoms with Crippen molar-refractivity contribution in [3.63, 3.8) is 0 Å². The lowest BCUT2D eigenvalue weighted by atomic mass is 10.1. The number of rotatable bonds is 6. The van der Waals surface area contributed by atoms with Crippen LogP contribution in [0.3, 0.4) is 0 Å². The lowest BCUT2D eigenvalue weighted by Gasteiger charge is -2.06. The van der Waals surface area contributed by atoms with Crippen LogP contribution in [0.15, 0.2) is 30.5 Å². The molecule has 132 valence electrons. The molecule has 1 heterocycles. The van der Waals surface area contributed by atoms with Gasteiger partial charge in [0.1, 0.15) is 0 Å². The third kappa shape index (κ3) is 6.10. The first-order chi connectivity index (χ1) is 10.9. The average Bonchev–Trinajstić information content (AvgIpc) is 2.91. The minimum atomic E-state index is -4.33. The summed E-state index contributed by atoms with van der Waals surface area (Å²) in [5.74, 6) is -0.147. The van der Waals surface area contributed by atoms with Crippen LogP contribution in [0.5, 0.6) is 0 Å². The number of carbonyl (C=O) groups is 1. The molecule has 0 unspecified atom stereocenters. The van der Waals surface area contributed by atoms with E-state index in [1.807, 2.05) is 0 Å². The first-order valence-corrected chi connectivity index (χ1v) is 7.81. The van der Waals surface area contributed by atoms with Crippen LogP contribution in [0.25, 0.3) is 0 Å². The highest BCUT2D eigenvalue weighted by Crippen LogP contribution is 2.29. The number of alkyl halides is 3. The third-order valence-electron chi connectivity index (χ3n) is 3.07. The van der Waals surface area contributed by atoms with E-state index in [4.69, 9.17) is 5.73 Å². The summed E-state index contributed by atoms with van der Waals surface area (Å²) in [6.07, 6.45) is -1.31. The Hall–Kier alpha value is -1.64. The third-order valence-corrected chi connectivity index (χ3v) is 3.98. The molecule has 0 spiro atoms. The lowest BCUT2D eigenvalue weighted by Crippen LogP contribution is -2.13. The van der Waals surface area contributed by atoms with Gasteiger partial charge >= 0.3 is 6.18 Å². The first-order valence-electron chi connectivity index (χ1n) is 6.99. The Morgan fingerprint density at radius 3 is 2.50 bits per heavy atom. The molecule has 0 aliphatic heterocycles. The molecule has 0 saturated carbocycles. The quantitative estimate of drug-likeness (QED) is 0.801. The second kappa shape index (κ2) is 9.00. The van der Waals surface area contributed by atoms with E-state index in [2.05, 4.69) is 10.3 Å². The van der Waals surface area contributed by atoms with Gasteiger partial charge in [-0.3, -0.25) is 4.79 Å². The van der Waals surface area contributed by atoms with E-state index in [1.165, 1.54) is 23.5 Å².